The summed E-state index contributed by atoms with van der Waals surface area (Å²) in [6, 6.07) is 1.13. The summed E-state index contributed by atoms with van der Waals surface area (Å²) in [6.07, 6.45) is 0.195. The molecule has 1 aliphatic heterocycles. The summed E-state index contributed by atoms with van der Waals surface area (Å²) in [5.74, 6) is 0. The van der Waals surface area contributed by atoms with Gasteiger partial charge in [-0.25, -0.2) is 4.79 Å². The molecule has 7 nitrogen and oxygen atoms in total. The number of hydrogen-bond acceptors (Lipinski definition) is 5. The van der Waals surface area contributed by atoms with Crippen LogP contribution in [0.3, 0.4) is 0 Å². The highest BCUT2D eigenvalue weighted by Crippen LogP contribution is 2.40. The first-order valence-corrected chi connectivity index (χ1v) is 5.94. The summed E-state index contributed by atoms with van der Waals surface area (Å²) >= 11 is 6.03. The van der Waals surface area contributed by atoms with Gasteiger partial charge < -0.3 is 14.9 Å². The van der Waals surface area contributed by atoms with Gasteiger partial charge in [0, 0.05) is 12.3 Å². The number of hydrogen-bond donors (Lipinski definition) is 3. The van der Waals surface area contributed by atoms with Crippen molar-refractivity contribution in [1.82, 2.24) is 9.55 Å². The van der Waals surface area contributed by atoms with Gasteiger partial charge in [0.05, 0.1) is 6.61 Å². The second kappa shape index (κ2) is 4.93. The van der Waals surface area contributed by atoms with Crippen LogP contribution in [0.4, 0.5) is 0 Å². The molecular formula is C11H13ClN2O5. The van der Waals surface area contributed by atoms with E-state index < -0.39 is 41.2 Å². The largest absolute Gasteiger partial charge is 0.393 e. The van der Waals surface area contributed by atoms with Gasteiger partial charge in [0.15, 0.2) is 6.23 Å². The zero-order chi connectivity index (χ0) is 14.2. The van der Waals surface area contributed by atoms with E-state index in [1.165, 1.54) is 12.3 Å². The number of halogens is 1. The number of aliphatic hydroxyl groups is 2. The quantitative estimate of drug-likeness (QED) is 0.486. The van der Waals surface area contributed by atoms with Gasteiger partial charge in [-0.2, -0.15) is 0 Å². The zero-order valence-electron chi connectivity index (χ0n) is 9.82. The third-order valence-electron chi connectivity index (χ3n) is 3.13. The summed E-state index contributed by atoms with van der Waals surface area (Å²) < 4.78 is 6.51. The molecule has 104 valence electrons. The number of nitrogens with one attached hydrogen (secondary N) is 1. The lowest BCUT2D eigenvalue weighted by Crippen LogP contribution is -2.43. The summed E-state index contributed by atoms with van der Waals surface area (Å²) in [7, 11) is 0. The van der Waals surface area contributed by atoms with Crippen LogP contribution < -0.4 is 11.2 Å². The Kier molecular flexibility index (Phi) is 3.64. The first-order chi connectivity index (χ1) is 8.95. The molecule has 0 aromatic carbocycles. The maximum atomic E-state index is 11.7. The van der Waals surface area contributed by atoms with Gasteiger partial charge in [-0.15, -0.1) is 18.2 Å². The number of H-pyrrole nitrogens is 1. The fraction of sp³-hybridized carbons (Fsp3) is 0.455. The van der Waals surface area contributed by atoms with Crippen LogP contribution in [0.2, 0.25) is 0 Å². The lowest BCUT2D eigenvalue weighted by Gasteiger charge is -2.25. The SMILES string of the molecule is C=C[C@]1(CO)O[C@@H](n2ccc(=O)[nH]c2=O)C(Cl)[C@@H]1O. The van der Waals surface area contributed by atoms with Crippen LogP contribution in [-0.4, -0.2) is 43.5 Å². The Morgan fingerprint density at radius 3 is 2.79 bits per heavy atom. The van der Waals surface area contributed by atoms with Gasteiger partial charge >= 0.3 is 5.69 Å². The zero-order valence-corrected chi connectivity index (χ0v) is 10.6. The average Bonchev–Trinajstić information content (AvgIpc) is 2.64. The van der Waals surface area contributed by atoms with E-state index in [0.717, 1.165) is 10.6 Å². The number of nitrogens with zero attached hydrogens (tertiary/aromatic N) is 1. The summed E-state index contributed by atoms with van der Waals surface area (Å²) in [6.45, 7) is 2.95. The van der Waals surface area contributed by atoms with E-state index >= 15 is 0 Å². The molecule has 2 heterocycles. The second-order valence-electron chi connectivity index (χ2n) is 4.23. The first kappa shape index (κ1) is 14.0. The molecule has 19 heavy (non-hydrogen) atoms. The van der Waals surface area contributed by atoms with Crippen molar-refractivity contribution in [2.75, 3.05) is 6.61 Å². The van der Waals surface area contributed by atoms with E-state index in [1.807, 2.05) is 0 Å². The molecule has 0 radical (unpaired) electrons. The summed E-state index contributed by atoms with van der Waals surface area (Å²) in [5, 5.41) is 18.4. The third kappa shape index (κ3) is 2.14. The fourth-order valence-corrected chi connectivity index (χ4v) is 2.37. The molecule has 0 aliphatic carbocycles. The van der Waals surface area contributed by atoms with E-state index in [0.29, 0.717) is 0 Å². The van der Waals surface area contributed by atoms with Crippen molar-refractivity contribution in [2.24, 2.45) is 0 Å². The van der Waals surface area contributed by atoms with Gasteiger partial charge in [-0.1, -0.05) is 6.08 Å². The van der Waals surface area contributed by atoms with Crippen molar-refractivity contribution in [3.8, 4) is 0 Å². The number of aliphatic hydroxyl groups excluding tert-OH is 2. The predicted molar refractivity (Wildman–Crippen MR) is 67.1 cm³/mol. The number of ether oxygens (including phenoxy) is 1. The molecule has 1 aromatic rings. The molecule has 8 heteroatoms. The first-order valence-electron chi connectivity index (χ1n) is 5.51. The lowest BCUT2D eigenvalue weighted by atomic mass is 9.98. The molecule has 3 N–H and O–H groups in total. The van der Waals surface area contributed by atoms with Crippen molar-refractivity contribution < 1.29 is 14.9 Å². The van der Waals surface area contributed by atoms with E-state index in [1.54, 1.807) is 0 Å². The van der Waals surface area contributed by atoms with Crippen molar-refractivity contribution in [1.29, 1.82) is 0 Å². The number of alkyl halides is 1. The Morgan fingerprint density at radius 2 is 2.32 bits per heavy atom. The van der Waals surface area contributed by atoms with Crippen molar-refractivity contribution in [2.45, 2.75) is 23.3 Å². The van der Waals surface area contributed by atoms with E-state index in [9.17, 15) is 19.8 Å². The van der Waals surface area contributed by atoms with Gasteiger partial charge in [0.1, 0.15) is 17.1 Å². The van der Waals surface area contributed by atoms with Gasteiger partial charge in [-0.3, -0.25) is 14.3 Å². The van der Waals surface area contributed by atoms with Gasteiger partial charge in [0.2, 0.25) is 0 Å². The van der Waals surface area contributed by atoms with Crippen molar-refractivity contribution in [3.05, 3.63) is 45.8 Å². The summed E-state index contributed by atoms with van der Waals surface area (Å²) in [5.41, 5.74) is -2.71. The average molecular weight is 289 g/mol. The van der Waals surface area contributed by atoms with Gasteiger partial charge in [0.25, 0.3) is 5.56 Å². The Bertz CT molecular complexity index is 597. The fourth-order valence-electron chi connectivity index (χ4n) is 1.99. The molecule has 0 amide bonds. The molecular weight excluding hydrogens is 276 g/mol. The molecule has 1 unspecified atom stereocenters. The monoisotopic (exact) mass is 288 g/mol. The molecule has 1 saturated heterocycles. The smallest absolute Gasteiger partial charge is 0.330 e. The topological polar surface area (TPSA) is 105 Å². The van der Waals surface area contributed by atoms with Crippen molar-refractivity contribution in [3.63, 3.8) is 0 Å². The van der Waals surface area contributed by atoms with E-state index in [4.69, 9.17) is 16.3 Å². The minimum atomic E-state index is -1.44. The number of rotatable bonds is 3. The molecule has 0 saturated carbocycles. The maximum Gasteiger partial charge on any atom is 0.330 e. The summed E-state index contributed by atoms with van der Waals surface area (Å²) in [4.78, 5) is 24.7. The Balaban J connectivity index is 2.45. The molecule has 1 aromatic heterocycles. The van der Waals surface area contributed by atoms with E-state index in [-0.39, 0.29) is 0 Å². The minimum Gasteiger partial charge on any atom is -0.393 e. The van der Waals surface area contributed by atoms with Crippen LogP contribution in [0.25, 0.3) is 0 Å². The van der Waals surface area contributed by atoms with Crippen LogP contribution in [0.15, 0.2) is 34.5 Å². The lowest BCUT2D eigenvalue weighted by molar-refractivity contribution is -0.0973. The highest BCUT2D eigenvalue weighted by atomic mass is 35.5. The van der Waals surface area contributed by atoms with Crippen LogP contribution >= 0.6 is 11.6 Å². The molecule has 1 aliphatic rings. The second-order valence-corrected chi connectivity index (χ2v) is 4.74. The number of aromatic amines is 1. The minimum absolute atomic E-state index is 0.532. The third-order valence-corrected chi connectivity index (χ3v) is 3.59. The molecule has 1 fully saturated rings. The molecule has 4 atom stereocenters. The molecule has 0 spiro atoms. The van der Waals surface area contributed by atoms with Gasteiger partial charge in [-0.05, 0) is 0 Å². The molecule has 2 rings (SSSR count). The van der Waals surface area contributed by atoms with Crippen molar-refractivity contribution >= 4 is 11.6 Å². The van der Waals surface area contributed by atoms with Crippen LogP contribution in [0, 0.1) is 0 Å². The Morgan fingerprint density at radius 1 is 1.63 bits per heavy atom. The van der Waals surface area contributed by atoms with E-state index in [2.05, 4.69) is 11.6 Å². The van der Waals surface area contributed by atoms with Crippen LogP contribution in [-0.2, 0) is 4.74 Å². The highest BCUT2D eigenvalue weighted by Gasteiger charge is 2.53. The number of aromatic nitrogens is 2. The Hall–Kier alpha value is -1.41. The Labute approximate surface area is 112 Å². The van der Waals surface area contributed by atoms with Crippen LogP contribution in [0.1, 0.15) is 6.23 Å². The van der Waals surface area contributed by atoms with Crippen LogP contribution in [0.5, 0.6) is 0 Å². The normalized spacial score (nSPS) is 34.4. The maximum absolute atomic E-state index is 11.7. The predicted octanol–water partition coefficient (Wildman–Crippen LogP) is -1.05. The molecule has 0 bridgehead atoms. The highest BCUT2D eigenvalue weighted by molar-refractivity contribution is 6.21. The standard InChI is InChI=1S/C11H13ClN2O5/c1-2-11(5-15)8(17)7(12)9(19-11)14-4-3-6(16)13-10(14)18/h2-4,7-9,15,17H,1,5H2,(H,13,16,18)/t7?,8-,9+,11+/m0/s1.